The number of ether oxygens (including phenoxy) is 1. The van der Waals surface area contributed by atoms with Crippen LogP contribution in [0.2, 0.25) is 0 Å². The van der Waals surface area contributed by atoms with Crippen LogP contribution in [0.1, 0.15) is 73.1 Å². The Bertz CT molecular complexity index is 1370. The molecule has 0 radical (unpaired) electrons. The zero-order chi connectivity index (χ0) is 29.1. The van der Waals surface area contributed by atoms with Crippen molar-refractivity contribution in [2.75, 3.05) is 30.4 Å². The number of carbonyl (C=O) groups is 2. The summed E-state index contributed by atoms with van der Waals surface area (Å²) in [5.41, 5.74) is 4.25. The second-order valence-corrected chi connectivity index (χ2v) is 12.3. The van der Waals surface area contributed by atoms with Gasteiger partial charge in [-0.25, -0.2) is 4.39 Å². The van der Waals surface area contributed by atoms with Crippen molar-refractivity contribution in [2.24, 2.45) is 5.92 Å². The Morgan fingerprint density at radius 3 is 2.41 bits per heavy atom. The summed E-state index contributed by atoms with van der Waals surface area (Å²) in [6.07, 6.45) is 2.22. The van der Waals surface area contributed by atoms with Gasteiger partial charge in [0.05, 0.1) is 30.2 Å². The third-order valence-electron chi connectivity index (χ3n) is 8.21. The molecule has 6 nitrogen and oxygen atoms in total. The summed E-state index contributed by atoms with van der Waals surface area (Å²) in [5.74, 6) is -1.57. The van der Waals surface area contributed by atoms with Gasteiger partial charge in [-0.15, -0.1) is 0 Å². The number of hydrogen-bond acceptors (Lipinski definition) is 4. The molecule has 2 aliphatic rings. The van der Waals surface area contributed by atoms with E-state index in [2.05, 4.69) is 37.5 Å². The Morgan fingerprint density at radius 2 is 1.73 bits per heavy atom. The highest BCUT2D eigenvalue weighted by atomic mass is 19.1. The summed E-state index contributed by atoms with van der Waals surface area (Å²) >= 11 is 0. The Hall–Kier alpha value is -3.71. The van der Waals surface area contributed by atoms with E-state index in [-0.39, 0.29) is 28.8 Å². The molecule has 3 aromatic carbocycles. The number of anilines is 2. The summed E-state index contributed by atoms with van der Waals surface area (Å²) in [6, 6.07) is 20.2. The van der Waals surface area contributed by atoms with E-state index < -0.39 is 17.8 Å². The number of carbonyl (C=O) groups excluding carboxylic acids is 2. The van der Waals surface area contributed by atoms with E-state index in [0.717, 1.165) is 35.5 Å². The topological polar surface area (TPSA) is 70.7 Å². The lowest BCUT2D eigenvalue weighted by atomic mass is 9.83. The maximum absolute atomic E-state index is 15.0. The Balaban J connectivity index is 1.47. The maximum atomic E-state index is 15.0. The first-order valence-corrected chi connectivity index (χ1v) is 14.5. The second-order valence-electron chi connectivity index (χ2n) is 12.3. The fourth-order valence-electron chi connectivity index (χ4n) is 5.92. The molecule has 0 aromatic heterocycles. The molecular weight excluding hydrogens is 517 g/mol. The predicted molar refractivity (Wildman–Crippen MR) is 161 cm³/mol. The van der Waals surface area contributed by atoms with Crippen molar-refractivity contribution >= 4 is 23.2 Å². The number of likely N-dealkylation sites (tertiary alicyclic amines) is 1. The molecule has 0 saturated carbocycles. The number of piperidine rings is 1. The molecule has 2 fully saturated rings. The minimum Gasteiger partial charge on any atom is -0.380 e. The smallest absolute Gasteiger partial charge is 0.257 e. The largest absolute Gasteiger partial charge is 0.380 e. The van der Waals surface area contributed by atoms with E-state index in [1.54, 1.807) is 24.0 Å². The standard InChI is InChI=1S/C34H40FN3O3/c1-22-8-5-12-29(35)30(22)33(40)38-18-7-11-28(32(39)37-26-10-6-9-24(20-26)34(2,3)4)31(38)23-13-15-25(16-14-23)36-27-17-19-41-21-27/h5-6,8-10,12-16,20,27-28,31,36H,7,11,17-19,21H2,1-4H3,(H,37,39)/t27?,28?,31-/m0/s1. The van der Waals surface area contributed by atoms with Crippen LogP contribution in [0.3, 0.4) is 0 Å². The van der Waals surface area contributed by atoms with E-state index in [4.69, 9.17) is 4.74 Å². The van der Waals surface area contributed by atoms with Gasteiger partial charge in [0, 0.05) is 24.5 Å². The molecule has 2 N–H and O–H groups in total. The molecule has 0 aliphatic carbocycles. The molecule has 0 bridgehead atoms. The number of hydrogen-bond donors (Lipinski definition) is 2. The molecule has 2 aliphatic heterocycles. The van der Waals surface area contributed by atoms with Gasteiger partial charge in [-0.05, 0) is 78.6 Å². The second kappa shape index (κ2) is 12.0. The van der Waals surface area contributed by atoms with Crippen LogP contribution >= 0.6 is 0 Å². The lowest BCUT2D eigenvalue weighted by Crippen LogP contribution is -2.46. The monoisotopic (exact) mass is 557 g/mol. The highest BCUT2D eigenvalue weighted by Gasteiger charge is 2.40. The molecule has 2 saturated heterocycles. The molecule has 0 spiro atoms. The molecule has 7 heteroatoms. The summed E-state index contributed by atoms with van der Waals surface area (Å²) in [7, 11) is 0. The molecule has 5 rings (SSSR count). The number of halogens is 1. The molecule has 2 amide bonds. The average molecular weight is 558 g/mol. The number of benzene rings is 3. The minimum absolute atomic E-state index is 0.0602. The van der Waals surface area contributed by atoms with Crippen LogP contribution < -0.4 is 10.6 Å². The van der Waals surface area contributed by atoms with E-state index in [1.807, 2.05) is 42.5 Å². The van der Waals surface area contributed by atoms with Crippen molar-refractivity contribution in [3.8, 4) is 0 Å². The van der Waals surface area contributed by atoms with Crippen molar-refractivity contribution in [2.45, 2.75) is 64.5 Å². The highest BCUT2D eigenvalue weighted by molar-refractivity contribution is 5.98. The van der Waals surface area contributed by atoms with E-state index in [0.29, 0.717) is 31.6 Å². The van der Waals surface area contributed by atoms with Crippen molar-refractivity contribution in [3.05, 3.63) is 94.8 Å². The van der Waals surface area contributed by atoms with Gasteiger partial charge in [0.25, 0.3) is 5.91 Å². The Morgan fingerprint density at radius 1 is 0.976 bits per heavy atom. The van der Waals surface area contributed by atoms with Crippen LogP contribution in [0.4, 0.5) is 15.8 Å². The Kier molecular flexibility index (Phi) is 8.45. The summed E-state index contributed by atoms with van der Waals surface area (Å²) in [6.45, 7) is 10.0. The van der Waals surface area contributed by atoms with E-state index >= 15 is 0 Å². The number of amides is 2. The summed E-state index contributed by atoms with van der Waals surface area (Å²) in [4.78, 5) is 29.5. The first-order valence-electron chi connectivity index (χ1n) is 14.5. The van der Waals surface area contributed by atoms with Gasteiger partial charge < -0.3 is 20.3 Å². The van der Waals surface area contributed by atoms with Gasteiger partial charge >= 0.3 is 0 Å². The number of nitrogens with one attached hydrogen (secondary N) is 2. The molecule has 2 unspecified atom stereocenters. The van der Waals surface area contributed by atoms with Gasteiger partial charge in [-0.2, -0.15) is 0 Å². The van der Waals surface area contributed by atoms with Gasteiger partial charge in [-0.3, -0.25) is 9.59 Å². The van der Waals surface area contributed by atoms with Crippen LogP contribution in [0.25, 0.3) is 0 Å². The van der Waals surface area contributed by atoms with Gasteiger partial charge in [0.15, 0.2) is 0 Å². The SMILES string of the molecule is Cc1cccc(F)c1C(=O)N1CCCC(C(=O)Nc2cccc(C(C)(C)C)c2)[C@@H]1c1ccc(NC2CCOC2)cc1. The fourth-order valence-corrected chi connectivity index (χ4v) is 5.92. The van der Waals surface area contributed by atoms with Crippen molar-refractivity contribution in [3.63, 3.8) is 0 Å². The average Bonchev–Trinajstić information content (AvgIpc) is 3.46. The number of aryl methyl sites for hydroxylation is 1. The van der Waals surface area contributed by atoms with Gasteiger partial charge in [0.2, 0.25) is 5.91 Å². The molecule has 3 aromatic rings. The quantitative estimate of drug-likeness (QED) is 0.347. The van der Waals surface area contributed by atoms with Crippen molar-refractivity contribution < 1.29 is 18.7 Å². The van der Waals surface area contributed by atoms with Crippen molar-refractivity contribution in [1.82, 2.24) is 4.90 Å². The molecule has 3 atom stereocenters. The van der Waals surface area contributed by atoms with E-state index in [9.17, 15) is 14.0 Å². The number of nitrogens with zero attached hydrogens (tertiary/aromatic N) is 1. The normalized spacial score (nSPS) is 21.0. The number of rotatable bonds is 6. The van der Waals surface area contributed by atoms with Gasteiger partial charge in [0.1, 0.15) is 5.82 Å². The van der Waals surface area contributed by atoms with Crippen LogP contribution in [-0.4, -0.2) is 42.5 Å². The summed E-state index contributed by atoms with van der Waals surface area (Å²) < 4.78 is 20.4. The molecule has 2 heterocycles. The third-order valence-corrected chi connectivity index (χ3v) is 8.21. The lowest BCUT2D eigenvalue weighted by Gasteiger charge is -2.41. The summed E-state index contributed by atoms with van der Waals surface area (Å²) in [5, 5.41) is 6.62. The predicted octanol–water partition coefficient (Wildman–Crippen LogP) is 6.86. The maximum Gasteiger partial charge on any atom is 0.257 e. The zero-order valence-electron chi connectivity index (χ0n) is 24.4. The van der Waals surface area contributed by atoms with Crippen LogP contribution in [0.15, 0.2) is 66.7 Å². The first-order chi connectivity index (χ1) is 19.6. The molecular formula is C34H40FN3O3. The lowest BCUT2D eigenvalue weighted by molar-refractivity contribution is -0.123. The third kappa shape index (κ3) is 6.46. The molecule has 41 heavy (non-hydrogen) atoms. The van der Waals surface area contributed by atoms with Crippen LogP contribution in [0.5, 0.6) is 0 Å². The first kappa shape index (κ1) is 28.8. The Labute approximate surface area is 242 Å². The van der Waals surface area contributed by atoms with Gasteiger partial charge in [-0.1, -0.05) is 57.2 Å². The van der Waals surface area contributed by atoms with Crippen LogP contribution in [-0.2, 0) is 14.9 Å². The highest BCUT2D eigenvalue weighted by Crippen LogP contribution is 2.39. The van der Waals surface area contributed by atoms with E-state index in [1.165, 1.54) is 6.07 Å². The minimum atomic E-state index is -0.544. The molecule has 216 valence electrons. The zero-order valence-corrected chi connectivity index (χ0v) is 24.4. The van der Waals surface area contributed by atoms with Crippen molar-refractivity contribution in [1.29, 1.82) is 0 Å². The fraction of sp³-hybridized carbons (Fsp3) is 0.412. The van der Waals surface area contributed by atoms with Crippen LogP contribution in [0, 0.1) is 18.7 Å².